The van der Waals surface area contributed by atoms with Gasteiger partial charge in [0, 0.05) is 22.8 Å². The van der Waals surface area contributed by atoms with Gasteiger partial charge in [-0.15, -0.1) is 0 Å². The Morgan fingerprint density at radius 1 is 1.17 bits per heavy atom. The molecule has 0 radical (unpaired) electrons. The highest BCUT2D eigenvalue weighted by Crippen LogP contribution is 2.23. The van der Waals surface area contributed by atoms with Crippen molar-refractivity contribution in [3.05, 3.63) is 58.9 Å². The molecule has 0 saturated heterocycles. The Balaban J connectivity index is 1.69. The molecule has 0 fully saturated rings. The fourth-order valence-electron chi connectivity index (χ4n) is 2.68. The Morgan fingerprint density at radius 3 is 2.69 bits per heavy atom. The Hall–Kier alpha value is -3.06. The van der Waals surface area contributed by atoms with E-state index < -0.39 is 0 Å². The number of aromatic nitrogens is 2. The molecule has 3 rings (SSSR count). The van der Waals surface area contributed by atoms with Crippen molar-refractivity contribution < 1.29 is 14.1 Å². The van der Waals surface area contributed by atoms with Crippen molar-refractivity contribution in [2.45, 2.75) is 26.8 Å². The van der Waals surface area contributed by atoms with Crippen LogP contribution in [0.15, 0.2) is 47.0 Å². The third-order valence-corrected chi connectivity index (χ3v) is 4.32. The minimum Gasteiger partial charge on any atom is -0.494 e. The highest BCUT2D eigenvalue weighted by molar-refractivity contribution is 6.31. The van der Waals surface area contributed by atoms with Crippen LogP contribution in [0.2, 0.25) is 5.02 Å². The second-order valence-corrected chi connectivity index (χ2v) is 6.70. The lowest BCUT2D eigenvalue weighted by molar-refractivity contribution is 0.0954. The van der Waals surface area contributed by atoms with Gasteiger partial charge in [-0.05, 0) is 55.8 Å². The van der Waals surface area contributed by atoms with Crippen molar-refractivity contribution in [3.8, 4) is 17.1 Å². The van der Waals surface area contributed by atoms with Crippen LogP contribution in [0.4, 0.5) is 5.69 Å². The normalized spacial score (nSPS) is 10.6. The minimum atomic E-state index is -0.161. The molecule has 0 atom stereocenters. The Bertz CT molecular complexity index is 957. The lowest BCUT2D eigenvalue weighted by Gasteiger charge is -2.11. The highest BCUT2D eigenvalue weighted by atomic mass is 35.5. The lowest BCUT2D eigenvalue weighted by atomic mass is 10.1. The van der Waals surface area contributed by atoms with Crippen LogP contribution in [-0.4, -0.2) is 29.2 Å². The van der Waals surface area contributed by atoms with Gasteiger partial charge in [-0.25, -0.2) is 0 Å². The predicted molar refractivity (Wildman–Crippen MR) is 112 cm³/mol. The van der Waals surface area contributed by atoms with Crippen molar-refractivity contribution in [1.29, 1.82) is 0 Å². The van der Waals surface area contributed by atoms with E-state index in [4.69, 9.17) is 20.9 Å². The first-order valence-corrected chi connectivity index (χ1v) is 9.86. The summed E-state index contributed by atoms with van der Waals surface area (Å²) in [6.07, 6.45) is 0.860. The number of hydrogen-bond acceptors (Lipinski definition) is 6. The molecular weight excluding hydrogens is 392 g/mol. The molecule has 0 aliphatic heterocycles. The molecule has 0 saturated carbocycles. The molecule has 2 aromatic carbocycles. The maximum Gasteiger partial charge on any atom is 0.253 e. The predicted octanol–water partition coefficient (Wildman–Crippen LogP) is 4.54. The summed E-state index contributed by atoms with van der Waals surface area (Å²) in [7, 11) is 0. The van der Waals surface area contributed by atoms with Crippen LogP contribution >= 0.6 is 11.6 Å². The first kappa shape index (κ1) is 20.7. The molecular formula is C21H23ClN4O3. The second-order valence-electron chi connectivity index (χ2n) is 6.27. The Kier molecular flexibility index (Phi) is 7.08. The molecule has 0 aliphatic carbocycles. The summed E-state index contributed by atoms with van der Waals surface area (Å²) in [5.41, 5.74) is 1.94. The first-order valence-electron chi connectivity index (χ1n) is 9.48. The molecule has 0 unspecified atom stereocenters. The van der Waals surface area contributed by atoms with Crippen LogP contribution in [0.1, 0.15) is 36.5 Å². The number of ether oxygens (including phenoxy) is 1. The van der Waals surface area contributed by atoms with Gasteiger partial charge in [0.2, 0.25) is 11.7 Å². The number of anilines is 1. The summed E-state index contributed by atoms with van der Waals surface area (Å²) < 4.78 is 10.8. The van der Waals surface area contributed by atoms with Gasteiger partial charge in [0.15, 0.2) is 0 Å². The van der Waals surface area contributed by atoms with Crippen LogP contribution in [0.25, 0.3) is 11.4 Å². The number of amides is 1. The smallest absolute Gasteiger partial charge is 0.253 e. The number of carbonyl (C=O) groups excluding carboxylic acids is 1. The molecule has 1 aromatic heterocycles. The van der Waals surface area contributed by atoms with E-state index in [9.17, 15) is 4.79 Å². The standard InChI is InChI=1S/C21H23ClN4O3/c1-3-11-23-21(27)17-10-7-15(22)12-18(17)24-13-19-25-20(26-29-19)14-5-8-16(9-6-14)28-4-2/h5-10,12,24H,3-4,11,13H2,1-2H3,(H,23,27). The maximum absolute atomic E-state index is 12.4. The lowest BCUT2D eigenvalue weighted by Crippen LogP contribution is -2.25. The van der Waals surface area contributed by atoms with E-state index in [2.05, 4.69) is 20.8 Å². The fraction of sp³-hybridized carbons (Fsp3) is 0.286. The van der Waals surface area contributed by atoms with E-state index in [1.807, 2.05) is 38.1 Å². The van der Waals surface area contributed by atoms with E-state index in [0.29, 0.717) is 41.1 Å². The van der Waals surface area contributed by atoms with Crippen molar-refractivity contribution in [1.82, 2.24) is 15.5 Å². The number of benzene rings is 2. The van der Waals surface area contributed by atoms with Gasteiger partial charge in [0.05, 0.1) is 18.7 Å². The number of rotatable bonds is 9. The monoisotopic (exact) mass is 414 g/mol. The topological polar surface area (TPSA) is 89.3 Å². The van der Waals surface area contributed by atoms with E-state index in [0.717, 1.165) is 17.7 Å². The van der Waals surface area contributed by atoms with Gasteiger partial charge in [0.1, 0.15) is 5.75 Å². The zero-order valence-electron chi connectivity index (χ0n) is 16.4. The second kappa shape index (κ2) is 9.93. The molecule has 7 nitrogen and oxygen atoms in total. The van der Waals surface area contributed by atoms with E-state index >= 15 is 0 Å². The average Bonchev–Trinajstić information content (AvgIpc) is 3.20. The molecule has 152 valence electrons. The summed E-state index contributed by atoms with van der Waals surface area (Å²) >= 11 is 6.09. The number of carbonyl (C=O) groups is 1. The third kappa shape index (κ3) is 5.48. The summed E-state index contributed by atoms with van der Waals surface area (Å²) in [6.45, 7) is 5.41. The third-order valence-electron chi connectivity index (χ3n) is 4.08. The molecule has 1 heterocycles. The van der Waals surface area contributed by atoms with Crippen molar-refractivity contribution in [2.24, 2.45) is 0 Å². The van der Waals surface area contributed by atoms with Gasteiger partial charge in [-0.1, -0.05) is 23.7 Å². The molecule has 2 N–H and O–H groups in total. The summed E-state index contributed by atoms with van der Waals surface area (Å²) in [5, 5.41) is 10.6. The first-order chi connectivity index (χ1) is 14.1. The van der Waals surface area contributed by atoms with Gasteiger partial charge in [-0.3, -0.25) is 4.79 Å². The zero-order chi connectivity index (χ0) is 20.6. The molecule has 0 aliphatic rings. The van der Waals surface area contributed by atoms with Crippen molar-refractivity contribution >= 4 is 23.2 Å². The quantitative estimate of drug-likeness (QED) is 0.534. The zero-order valence-corrected chi connectivity index (χ0v) is 17.1. The molecule has 3 aromatic rings. The number of nitrogens with one attached hydrogen (secondary N) is 2. The maximum atomic E-state index is 12.4. The van der Waals surface area contributed by atoms with Gasteiger partial charge in [-0.2, -0.15) is 4.98 Å². The van der Waals surface area contributed by atoms with Gasteiger partial charge in [0.25, 0.3) is 5.91 Å². The number of halogens is 1. The fourth-order valence-corrected chi connectivity index (χ4v) is 2.85. The van der Waals surface area contributed by atoms with Crippen LogP contribution in [0.5, 0.6) is 5.75 Å². The van der Waals surface area contributed by atoms with E-state index in [1.54, 1.807) is 18.2 Å². The van der Waals surface area contributed by atoms with Crippen LogP contribution < -0.4 is 15.4 Å². The van der Waals surface area contributed by atoms with Crippen molar-refractivity contribution in [3.63, 3.8) is 0 Å². The number of hydrogen-bond donors (Lipinski definition) is 2. The number of nitrogens with zero attached hydrogens (tertiary/aromatic N) is 2. The largest absolute Gasteiger partial charge is 0.494 e. The average molecular weight is 415 g/mol. The summed E-state index contributed by atoms with van der Waals surface area (Å²) in [6, 6.07) is 12.5. The molecule has 0 spiro atoms. The van der Waals surface area contributed by atoms with E-state index in [-0.39, 0.29) is 12.5 Å². The van der Waals surface area contributed by atoms with Gasteiger partial charge < -0.3 is 19.9 Å². The van der Waals surface area contributed by atoms with Crippen molar-refractivity contribution in [2.75, 3.05) is 18.5 Å². The SMILES string of the molecule is CCCNC(=O)c1ccc(Cl)cc1NCc1nc(-c2ccc(OCC)cc2)no1. The van der Waals surface area contributed by atoms with Gasteiger partial charge >= 0.3 is 0 Å². The Labute approximate surface area is 174 Å². The van der Waals surface area contributed by atoms with Crippen LogP contribution in [-0.2, 0) is 6.54 Å². The van der Waals surface area contributed by atoms with E-state index in [1.165, 1.54) is 0 Å². The highest BCUT2D eigenvalue weighted by Gasteiger charge is 2.14. The summed E-state index contributed by atoms with van der Waals surface area (Å²) in [4.78, 5) is 16.8. The van der Waals surface area contributed by atoms with Crippen LogP contribution in [0.3, 0.4) is 0 Å². The molecule has 8 heteroatoms. The molecule has 29 heavy (non-hydrogen) atoms. The van der Waals surface area contributed by atoms with Crippen LogP contribution in [0, 0.1) is 0 Å². The Morgan fingerprint density at radius 2 is 1.97 bits per heavy atom. The summed E-state index contributed by atoms with van der Waals surface area (Å²) in [5.74, 6) is 1.51. The molecule has 0 bridgehead atoms. The minimum absolute atomic E-state index is 0.161. The molecule has 1 amide bonds.